The van der Waals surface area contributed by atoms with E-state index in [0.717, 1.165) is 18.3 Å². The van der Waals surface area contributed by atoms with Gasteiger partial charge in [-0.05, 0) is 12.1 Å². The summed E-state index contributed by atoms with van der Waals surface area (Å²) in [6, 6.07) is 2.00. The van der Waals surface area contributed by atoms with Crippen molar-refractivity contribution in [3.8, 4) is 0 Å². The van der Waals surface area contributed by atoms with Gasteiger partial charge in [-0.3, -0.25) is 0 Å². The Labute approximate surface area is 81.0 Å². The molecule has 14 heavy (non-hydrogen) atoms. The second-order valence-corrected chi connectivity index (χ2v) is 3.32. The average Bonchev–Trinajstić information content (AvgIpc) is 2.01. The lowest BCUT2D eigenvalue weighted by atomic mass is 10.3. The number of carbonyl (C=O) groups is 1. The van der Waals surface area contributed by atoms with Crippen molar-refractivity contribution < 1.29 is 23.1 Å². The summed E-state index contributed by atoms with van der Waals surface area (Å²) in [5.41, 5.74) is -4.67. The fourth-order valence-corrected chi connectivity index (χ4v) is 1.25. The first-order chi connectivity index (χ1) is 6.38. The number of carboxylic acid groups (broad SMARTS) is 1. The first-order valence-electron chi connectivity index (χ1n) is 3.33. The molecule has 0 saturated heterocycles. The second-order valence-electron chi connectivity index (χ2n) is 2.24. The molecule has 1 aromatic heterocycles. The van der Waals surface area contributed by atoms with Gasteiger partial charge in [0.2, 0.25) is 0 Å². The van der Waals surface area contributed by atoms with Crippen molar-refractivity contribution in [3.05, 3.63) is 23.9 Å². The average molecular weight is 223 g/mol. The van der Waals surface area contributed by atoms with Crippen LogP contribution in [0.25, 0.3) is 0 Å². The molecule has 0 aliphatic carbocycles. The van der Waals surface area contributed by atoms with Crippen LogP contribution in [0.4, 0.5) is 13.2 Å². The Morgan fingerprint density at radius 3 is 2.64 bits per heavy atom. The number of pyridine rings is 1. The van der Waals surface area contributed by atoms with Gasteiger partial charge in [0.1, 0.15) is 5.03 Å². The largest absolute Gasteiger partial charge is 0.478 e. The monoisotopic (exact) mass is 223 g/mol. The summed E-state index contributed by atoms with van der Waals surface area (Å²) in [6.45, 7) is 0. The third-order valence-corrected chi connectivity index (χ3v) is 1.87. The first-order valence-corrected chi connectivity index (χ1v) is 4.15. The van der Waals surface area contributed by atoms with Crippen molar-refractivity contribution in [2.75, 3.05) is 0 Å². The molecule has 0 atom stereocenters. The SMILES string of the molecule is O=C(O)c1ccnc(SC(F)(F)F)c1. The third-order valence-electron chi connectivity index (χ3n) is 1.20. The fraction of sp³-hybridized carbons (Fsp3) is 0.143. The molecule has 1 heterocycles. The fourth-order valence-electron chi connectivity index (χ4n) is 0.717. The van der Waals surface area contributed by atoms with Crippen LogP contribution in [0.1, 0.15) is 10.4 Å². The zero-order chi connectivity index (χ0) is 10.8. The molecule has 0 aliphatic rings. The second kappa shape index (κ2) is 3.87. The minimum Gasteiger partial charge on any atom is -0.478 e. The summed E-state index contributed by atoms with van der Waals surface area (Å²) in [6.07, 6.45) is 1.03. The van der Waals surface area contributed by atoms with Crippen LogP contribution in [-0.4, -0.2) is 21.6 Å². The standard InChI is InChI=1S/C7H4F3NO2S/c8-7(9,10)14-5-3-4(6(12)13)1-2-11-5/h1-3H,(H,12,13). The Hall–Kier alpha value is -1.24. The maximum atomic E-state index is 11.8. The Kier molecular flexibility index (Phi) is 3.00. The smallest absolute Gasteiger partial charge is 0.447 e. The molecule has 1 aromatic rings. The number of aromatic nitrogens is 1. The molecule has 0 aliphatic heterocycles. The molecule has 0 radical (unpaired) electrons. The predicted octanol–water partition coefficient (Wildman–Crippen LogP) is 2.39. The summed E-state index contributed by atoms with van der Waals surface area (Å²) >= 11 is -0.442. The van der Waals surface area contributed by atoms with Crippen molar-refractivity contribution >= 4 is 17.7 Å². The van der Waals surface area contributed by atoms with Crippen molar-refractivity contribution in [2.24, 2.45) is 0 Å². The first kappa shape index (κ1) is 10.8. The normalized spacial score (nSPS) is 11.4. The number of aromatic carboxylic acids is 1. The van der Waals surface area contributed by atoms with Crippen molar-refractivity contribution in [1.29, 1.82) is 0 Å². The van der Waals surface area contributed by atoms with Gasteiger partial charge in [0.15, 0.2) is 0 Å². The van der Waals surface area contributed by atoms with Crippen LogP contribution < -0.4 is 0 Å². The number of nitrogens with zero attached hydrogens (tertiary/aromatic N) is 1. The third kappa shape index (κ3) is 3.25. The molecule has 76 valence electrons. The summed E-state index contributed by atoms with van der Waals surface area (Å²) in [4.78, 5) is 13.8. The maximum Gasteiger partial charge on any atom is 0.447 e. The highest BCUT2D eigenvalue weighted by Gasteiger charge is 2.30. The molecule has 0 spiro atoms. The molecule has 3 nitrogen and oxygen atoms in total. The van der Waals surface area contributed by atoms with Gasteiger partial charge in [-0.1, -0.05) is 0 Å². The van der Waals surface area contributed by atoms with E-state index in [1.165, 1.54) is 0 Å². The van der Waals surface area contributed by atoms with E-state index in [9.17, 15) is 18.0 Å². The van der Waals surface area contributed by atoms with E-state index in [2.05, 4.69) is 4.98 Å². The molecule has 1 rings (SSSR count). The lowest BCUT2D eigenvalue weighted by molar-refractivity contribution is -0.0329. The minimum absolute atomic E-state index is 0.216. The summed E-state index contributed by atoms with van der Waals surface area (Å²) < 4.78 is 35.5. The molecule has 1 N–H and O–H groups in total. The van der Waals surface area contributed by atoms with Crippen LogP contribution in [0.5, 0.6) is 0 Å². The quantitative estimate of drug-likeness (QED) is 0.782. The Morgan fingerprint density at radius 2 is 2.14 bits per heavy atom. The van der Waals surface area contributed by atoms with Gasteiger partial charge >= 0.3 is 11.5 Å². The van der Waals surface area contributed by atoms with Gasteiger partial charge in [0.05, 0.1) is 5.56 Å². The van der Waals surface area contributed by atoms with Crippen molar-refractivity contribution in [3.63, 3.8) is 0 Å². The van der Waals surface area contributed by atoms with E-state index in [1.807, 2.05) is 0 Å². The lowest BCUT2D eigenvalue weighted by Gasteiger charge is -2.04. The molecular weight excluding hydrogens is 219 g/mol. The van der Waals surface area contributed by atoms with E-state index >= 15 is 0 Å². The summed E-state index contributed by atoms with van der Waals surface area (Å²) in [7, 11) is 0. The topological polar surface area (TPSA) is 50.2 Å². The van der Waals surface area contributed by atoms with Crippen LogP contribution in [0.2, 0.25) is 0 Å². The highest BCUT2D eigenvalue weighted by atomic mass is 32.2. The molecule has 7 heteroatoms. The number of hydrogen-bond donors (Lipinski definition) is 1. The van der Waals surface area contributed by atoms with E-state index < -0.39 is 23.2 Å². The number of alkyl halides is 3. The Balaban J connectivity index is 2.89. The van der Waals surface area contributed by atoms with Gasteiger partial charge in [-0.15, -0.1) is 0 Å². The number of hydrogen-bond acceptors (Lipinski definition) is 3. The Bertz CT molecular complexity index is 353. The van der Waals surface area contributed by atoms with Crippen LogP contribution in [0, 0.1) is 0 Å². The molecule has 0 saturated carbocycles. The molecule has 0 aromatic carbocycles. The minimum atomic E-state index is -4.45. The van der Waals surface area contributed by atoms with E-state index in [-0.39, 0.29) is 10.6 Å². The predicted molar refractivity (Wildman–Crippen MR) is 43.1 cm³/mol. The molecular formula is C7H4F3NO2S. The van der Waals surface area contributed by atoms with E-state index in [1.54, 1.807) is 0 Å². The van der Waals surface area contributed by atoms with E-state index in [0.29, 0.717) is 0 Å². The highest BCUT2D eigenvalue weighted by molar-refractivity contribution is 8.00. The Morgan fingerprint density at radius 1 is 1.50 bits per heavy atom. The molecule has 0 amide bonds. The van der Waals surface area contributed by atoms with Gasteiger partial charge in [0.25, 0.3) is 0 Å². The summed E-state index contributed by atoms with van der Waals surface area (Å²) in [5.74, 6) is -1.28. The zero-order valence-electron chi connectivity index (χ0n) is 6.58. The lowest BCUT2D eigenvalue weighted by Crippen LogP contribution is -2.02. The van der Waals surface area contributed by atoms with Crippen molar-refractivity contribution in [2.45, 2.75) is 10.5 Å². The van der Waals surface area contributed by atoms with Gasteiger partial charge in [0, 0.05) is 18.0 Å². The number of halogens is 3. The molecule has 0 fully saturated rings. The number of carboxylic acids is 1. The van der Waals surface area contributed by atoms with Crippen LogP contribution in [0.15, 0.2) is 23.4 Å². The van der Waals surface area contributed by atoms with Crippen molar-refractivity contribution in [1.82, 2.24) is 4.98 Å². The number of rotatable bonds is 2. The van der Waals surface area contributed by atoms with Crippen LogP contribution in [-0.2, 0) is 0 Å². The van der Waals surface area contributed by atoms with Crippen LogP contribution in [0.3, 0.4) is 0 Å². The van der Waals surface area contributed by atoms with Gasteiger partial charge in [-0.25, -0.2) is 9.78 Å². The van der Waals surface area contributed by atoms with E-state index in [4.69, 9.17) is 5.11 Å². The van der Waals surface area contributed by atoms with Crippen LogP contribution >= 0.6 is 11.8 Å². The molecule has 0 bridgehead atoms. The summed E-state index contributed by atoms with van der Waals surface area (Å²) in [5, 5.41) is 8.11. The van der Waals surface area contributed by atoms with Gasteiger partial charge in [-0.2, -0.15) is 13.2 Å². The highest BCUT2D eigenvalue weighted by Crippen LogP contribution is 2.35. The van der Waals surface area contributed by atoms with Gasteiger partial charge < -0.3 is 5.11 Å². The maximum absolute atomic E-state index is 11.8. The molecule has 0 unspecified atom stereocenters. The zero-order valence-corrected chi connectivity index (χ0v) is 7.39. The number of thioether (sulfide) groups is 1.